The molecule has 6 rings (SSSR count). The van der Waals surface area contributed by atoms with Crippen LogP contribution in [0.15, 0.2) is 36.5 Å². The predicted octanol–water partition coefficient (Wildman–Crippen LogP) is 2.22. The summed E-state index contributed by atoms with van der Waals surface area (Å²) in [6, 6.07) is 12.1. The highest BCUT2D eigenvalue weighted by atomic mass is 16.6. The molecule has 184 valence electrons. The predicted molar refractivity (Wildman–Crippen MR) is 127 cm³/mol. The van der Waals surface area contributed by atoms with E-state index in [2.05, 4.69) is 22.4 Å². The van der Waals surface area contributed by atoms with Crippen LogP contribution in [0.2, 0.25) is 0 Å². The molecule has 10 heteroatoms. The monoisotopic (exact) mass is 487 g/mol. The van der Waals surface area contributed by atoms with Gasteiger partial charge in [0.1, 0.15) is 11.5 Å². The zero-order chi connectivity index (χ0) is 25.2. The number of fused-ring (bicyclic) bond motifs is 4. The van der Waals surface area contributed by atoms with Gasteiger partial charge in [-0.3, -0.25) is 14.7 Å². The van der Waals surface area contributed by atoms with Gasteiger partial charge in [-0.15, -0.1) is 0 Å². The van der Waals surface area contributed by atoms with Crippen molar-refractivity contribution in [1.29, 1.82) is 5.26 Å². The van der Waals surface area contributed by atoms with Crippen molar-refractivity contribution in [3.63, 3.8) is 0 Å². The molecule has 4 atom stereocenters. The number of pyridine rings is 1. The van der Waals surface area contributed by atoms with E-state index in [1.165, 1.54) is 14.0 Å². The lowest BCUT2D eigenvalue weighted by atomic mass is 9.95. The van der Waals surface area contributed by atoms with Crippen molar-refractivity contribution in [3.05, 3.63) is 47.8 Å². The van der Waals surface area contributed by atoms with E-state index in [-0.39, 0.29) is 36.4 Å². The number of nitrogens with one attached hydrogen (secondary N) is 1. The number of nitrogens with zero attached hydrogens (tertiary/aromatic N) is 4. The van der Waals surface area contributed by atoms with Gasteiger partial charge in [0.05, 0.1) is 37.1 Å². The Balaban J connectivity index is 1.20. The molecule has 3 amide bonds. The van der Waals surface area contributed by atoms with E-state index < -0.39 is 17.6 Å². The number of cyclic esters (lactones) is 1. The Kier molecular flexibility index (Phi) is 4.93. The number of likely N-dealkylation sites (tertiary alicyclic amines) is 1. The Morgan fingerprint density at radius 2 is 2.00 bits per heavy atom. The maximum Gasteiger partial charge on any atom is 0.415 e. The molecule has 1 N–H and O–H groups in total. The topological polar surface area (TPSA) is 125 Å². The maximum atomic E-state index is 12.5. The number of carbonyl (C=O) groups excluding carboxylic acids is 3. The lowest BCUT2D eigenvalue weighted by Crippen LogP contribution is -2.40. The number of hydrogen-bond donors (Lipinski definition) is 1. The van der Waals surface area contributed by atoms with Gasteiger partial charge >= 0.3 is 12.2 Å². The molecule has 1 aromatic heterocycles. The third-order valence-corrected chi connectivity index (χ3v) is 8.05. The van der Waals surface area contributed by atoms with Crippen LogP contribution < -0.4 is 10.2 Å². The normalized spacial score (nSPS) is 29.1. The average molecular weight is 488 g/mol. The number of nitriles is 1. The van der Waals surface area contributed by atoms with Gasteiger partial charge in [0, 0.05) is 43.6 Å². The van der Waals surface area contributed by atoms with Crippen LogP contribution in [-0.4, -0.2) is 66.9 Å². The van der Waals surface area contributed by atoms with Crippen LogP contribution in [0, 0.1) is 23.2 Å². The second-order valence-corrected chi connectivity index (χ2v) is 9.85. The Labute approximate surface area is 207 Å². The quantitative estimate of drug-likeness (QED) is 0.701. The van der Waals surface area contributed by atoms with Crippen LogP contribution in [0.1, 0.15) is 18.2 Å². The molecule has 10 nitrogen and oxygen atoms in total. The van der Waals surface area contributed by atoms with Gasteiger partial charge in [-0.25, -0.2) is 9.59 Å². The van der Waals surface area contributed by atoms with Crippen LogP contribution in [0.4, 0.5) is 15.3 Å². The summed E-state index contributed by atoms with van der Waals surface area (Å²) in [5, 5.41) is 12.7. The van der Waals surface area contributed by atoms with Gasteiger partial charge in [-0.2, -0.15) is 5.26 Å². The molecule has 0 radical (unpaired) electrons. The number of benzene rings is 1. The molecule has 0 bridgehead atoms. The first-order chi connectivity index (χ1) is 17.4. The fourth-order valence-corrected chi connectivity index (χ4v) is 6.20. The van der Waals surface area contributed by atoms with E-state index in [9.17, 15) is 19.6 Å². The SMILES string of the molecule is COC(=O)N1CC2C(C1)C2(C#N)c1ccc(-c2ccc3c(c2)C[C@H]2[C@H](CNC(C)=O)OC(=O)N32)cn1. The number of anilines is 1. The summed E-state index contributed by atoms with van der Waals surface area (Å²) in [5.41, 5.74) is 3.83. The number of rotatable bonds is 4. The van der Waals surface area contributed by atoms with Gasteiger partial charge in [0.2, 0.25) is 5.91 Å². The van der Waals surface area contributed by atoms with Crippen LogP contribution in [0.25, 0.3) is 11.1 Å². The number of carbonyl (C=O) groups is 3. The number of amides is 3. The number of methoxy groups -OCH3 is 1. The molecular formula is C26H25N5O5. The minimum absolute atomic E-state index is 0.0681. The number of aromatic nitrogens is 1. The van der Waals surface area contributed by atoms with Crippen molar-refractivity contribution in [1.82, 2.24) is 15.2 Å². The standard InChI is InChI=1S/C26H25N5O5/c1-14(32)28-10-22-21-8-17-7-15(3-5-20(17)31(21)25(34)36-22)16-4-6-23(29-9-16)26(13-27)18-11-30(12-19(18)26)24(33)35-2/h3-7,9,18-19,21-22H,8,10-12H2,1-2H3,(H,28,32)/t18?,19?,21-,22-,26?/m0/s1. The molecule has 36 heavy (non-hydrogen) atoms. The summed E-state index contributed by atoms with van der Waals surface area (Å²) in [6.07, 6.45) is 1.28. The highest BCUT2D eigenvalue weighted by molar-refractivity contribution is 5.94. The van der Waals surface area contributed by atoms with Crippen LogP contribution in [0.3, 0.4) is 0 Å². The lowest BCUT2D eigenvalue weighted by molar-refractivity contribution is -0.119. The third kappa shape index (κ3) is 3.15. The molecule has 1 saturated carbocycles. The summed E-state index contributed by atoms with van der Waals surface area (Å²) in [6.45, 7) is 2.73. The maximum absolute atomic E-state index is 12.5. The van der Waals surface area contributed by atoms with Crippen molar-refractivity contribution in [2.75, 3.05) is 31.6 Å². The molecule has 2 saturated heterocycles. The summed E-state index contributed by atoms with van der Waals surface area (Å²) in [7, 11) is 1.36. The summed E-state index contributed by atoms with van der Waals surface area (Å²) >= 11 is 0. The lowest BCUT2D eigenvalue weighted by Gasteiger charge is -2.21. The van der Waals surface area contributed by atoms with Gasteiger partial charge in [-0.05, 0) is 35.7 Å². The van der Waals surface area contributed by atoms with E-state index in [0.717, 1.165) is 28.1 Å². The first kappa shape index (κ1) is 22.3. The van der Waals surface area contributed by atoms with Crippen LogP contribution in [-0.2, 0) is 26.1 Å². The second-order valence-electron chi connectivity index (χ2n) is 9.85. The van der Waals surface area contributed by atoms with Crippen molar-refractivity contribution in [2.24, 2.45) is 11.8 Å². The molecule has 4 aliphatic rings. The number of hydrogen-bond acceptors (Lipinski definition) is 7. The average Bonchev–Trinajstić information content (AvgIpc) is 3.26. The fourth-order valence-electron chi connectivity index (χ4n) is 6.20. The van der Waals surface area contributed by atoms with Crippen LogP contribution >= 0.6 is 0 Å². The third-order valence-electron chi connectivity index (χ3n) is 8.05. The van der Waals surface area contributed by atoms with Crippen molar-refractivity contribution >= 4 is 23.8 Å². The minimum atomic E-state index is -0.658. The molecule has 3 fully saturated rings. The molecule has 2 unspecified atom stereocenters. The largest absolute Gasteiger partial charge is 0.453 e. The zero-order valence-electron chi connectivity index (χ0n) is 19.9. The first-order valence-corrected chi connectivity index (χ1v) is 12.0. The molecule has 4 heterocycles. The van der Waals surface area contributed by atoms with E-state index >= 15 is 0 Å². The van der Waals surface area contributed by atoms with Crippen molar-refractivity contribution < 1.29 is 23.9 Å². The number of piperidine rings is 1. The van der Waals surface area contributed by atoms with Crippen molar-refractivity contribution in [3.8, 4) is 17.2 Å². The molecule has 1 aliphatic carbocycles. The van der Waals surface area contributed by atoms with Crippen molar-refractivity contribution in [2.45, 2.75) is 30.9 Å². The van der Waals surface area contributed by atoms with E-state index in [1.807, 2.05) is 24.3 Å². The Hall–Kier alpha value is -4.13. The summed E-state index contributed by atoms with van der Waals surface area (Å²) in [4.78, 5) is 43.6. The van der Waals surface area contributed by atoms with Gasteiger partial charge in [0.15, 0.2) is 0 Å². The van der Waals surface area contributed by atoms with Crippen LogP contribution in [0.5, 0.6) is 0 Å². The summed E-state index contributed by atoms with van der Waals surface area (Å²) < 4.78 is 10.3. The van der Waals surface area contributed by atoms with E-state index in [4.69, 9.17) is 9.47 Å². The Bertz CT molecular complexity index is 1310. The molecule has 0 spiro atoms. The first-order valence-electron chi connectivity index (χ1n) is 12.0. The number of ether oxygens (including phenoxy) is 2. The Morgan fingerprint density at radius 3 is 2.64 bits per heavy atom. The Morgan fingerprint density at radius 1 is 1.25 bits per heavy atom. The molecule has 2 aromatic rings. The zero-order valence-corrected chi connectivity index (χ0v) is 19.9. The van der Waals surface area contributed by atoms with Gasteiger partial charge in [0.25, 0.3) is 0 Å². The molecular weight excluding hydrogens is 462 g/mol. The van der Waals surface area contributed by atoms with Gasteiger partial charge < -0.3 is 19.7 Å². The highest BCUT2D eigenvalue weighted by Crippen LogP contribution is 2.62. The minimum Gasteiger partial charge on any atom is -0.453 e. The van der Waals surface area contributed by atoms with E-state index in [1.54, 1.807) is 16.0 Å². The smallest absolute Gasteiger partial charge is 0.415 e. The highest BCUT2D eigenvalue weighted by Gasteiger charge is 2.71. The van der Waals surface area contributed by atoms with Gasteiger partial charge in [-0.1, -0.05) is 12.1 Å². The fraction of sp³-hybridized carbons (Fsp3) is 0.423. The summed E-state index contributed by atoms with van der Waals surface area (Å²) in [5.74, 6) is -0.0239. The molecule has 1 aromatic carbocycles. The molecule has 3 aliphatic heterocycles. The van der Waals surface area contributed by atoms with E-state index in [0.29, 0.717) is 19.5 Å². The second kappa shape index (κ2) is 7.95.